The van der Waals surface area contributed by atoms with E-state index in [1.165, 1.54) is 7.05 Å². The minimum atomic E-state index is -0.458. The minimum absolute atomic E-state index is 0.0448. The number of carbonyl (C=O) groups is 3. The Morgan fingerprint density at radius 3 is 2.32 bits per heavy atom. The van der Waals surface area contributed by atoms with Gasteiger partial charge in [0.15, 0.2) is 22.9 Å². The smallest absolute Gasteiger partial charge is 0.314 e. The first kappa shape index (κ1) is 31.1. The number of ether oxygens (including phenoxy) is 3. The third kappa shape index (κ3) is 8.50. The lowest BCUT2D eigenvalue weighted by Crippen LogP contribution is -2.42. The number of methoxy groups -OCH3 is 1. The summed E-state index contributed by atoms with van der Waals surface area (Å²) in [5, 5.41) is 11.9. The monoisotopic (exact) mass is 569 g/mol. The number of rotatable bonds is 14. The molecule has 0 saturated carbocycles. The Balaban J connectivity index is 1.45. The van der Waals surface area contributed by atoms with Crippen molar-refractivity contribution in [2.24, 2.45) is 0 Å². The maximum Gasteiger partial charge on any atom is 0.314 e. The van der Waals surface area contributed by atoms with Crippen LogP contribution in [0.25, 0.3) is 11.0 Å². The summed E-state index contributed by atoms with van der Waals surface area (Å²) in [6.07, 6.45) is 1.48. The second-order valence-electron chi connectivity index (χ2n) is 9.84. The van der Waals surface area contributed by atoms with Crippen LogP contribution in [0.2, 0.25) is 0 Å². The number of hydrogen-bond donors (Lipinski definition) is 3. The van der Waals surface area contributed by atoms with Gasteiger partial charge in [-0.25, -0.2) is 4.79 Å². The number of nitrogens with one attached hydrogen (secondary N) is 3. The van der Waals surface area contributed by atoms with Crippen LogP contribution in [-0.4, -0.2) is 73.9 Å². The molecule has 3 rings (SSSR count). The lowest BCUT2D eigenvalue weighted by Gasteiger charge is -2.31. The quantitative estimate of drug-likeness (QED) is 0.245. The molecule has 0 bridgehead atoms. The van der Waals surface area contributed by atoms with Gasteiger partial charge in [0.2, 0.25) is 5.91 Å². The predicted molar refractivity (Wildman–Crippen MR) is 155 cm³/mol. The van der Waals surface area contributed by atoms with Crippen LogP contribution in [0.4, 0.5) is 10.6 Å². The number of urea groups is 1. The van der Waals surface area contributed by atoms with Gasteiger partial charge in [-0.15, -0.1) is 0 Å². The van der Waals surface area contributed by atoms with Crippen molar-refractivity contribution in [2.45, 2.75) is 52.6 Å². The lowest BCUT2D eigenvalue weighted by atomic mass is 10.1. The Labute approximate surface area is 239 Å². The Morgan fingerprint density at radius 2 is 1.66 bits per heavy atom. The summed E-state index contributed by atoms with van der Waals surface area (Å²) < 4.78 is 22.5. The molecule has 0 fully saturated rings. The van der Waals surface area contributed by atoms with Gasteiger partial charge in [-0.1, -0.05) is 5.16 Å². The van der Waals surface area contributed by atoms with E-state index in [1.54, 1.807) is 43.5 Å². The van der Waals surface area contributed by atoms with Gasteiger partial charge in [0.25, 0.3) is 5.91 Å². The molecule has 3 N–H and O–H groups in total. The van der Waals surface area contributed by atoms with Crippen LogP contribution in [0.3, 0.4) is 0 Å². The average Bonchev–Trinajstić information content (AvgIpc) is 3.34. The van der Waals surface area contributed by atoms with Crippen molar-refractivity contribution in [1.82, 2.24) is 20.7 Å². The molecule has 1 aromatic heterocycles. The summed E-state index contributed by atoms with van der Waals surface area (Å²) >= 11 is 0. The standard InChI is InChI=1S/C29H39N5O7/c1-18(2)34(19(3)4)28(36)20-9-12-23(25(15-20)38-6)40-14-8-7-13-39-21-10-11-22-24(16-21)41-33-27(22)32-26(35)17-31-29(37)30-5/h9-12,15-16,18-19H,7-8,13-14,17H2,1-6H3,(H2,30,31,37)(H,32,33,35). The second-order valence-corrected chi connectivity index (χ2v) is 9.84. The van der Waals surface area contributed by atoms with Crippen LogP contribution in [0.15, 0.2) is 40.9 Å². The fourth-order valence-electron chi connectivity index (χ4n) is 4.23. The van der Waals surface area contributed by atoms with Gasteiger partial charge in [-0.05, 0) is 70.9 Å². The van der Waals surface area contributed by atoms with Crippen LogP contribution >= 0.6 is 0 Å². The van der Waals surface area contributed by atoms with Crippen LogP contribution in [-0.2, 0) is 4.79 Å². The summed E-state index contributed by atoms with van der Waals surface area (Å²) in [6.45, 7) is 8.71. The molecule has 0 unspecified atom stereocenters. The van der Waals surface area contributed by atoms with Crippen LogP contribution in [0.1, 0.15) is 50.9 Å². The number of anilines is 1. The van der Waals surface area contributed by atoms with E-state index < -0.39 is 11.9 Å². The van der Waals surface area contributed by atoms with Gasteiger partial charge >= 0.3 is 6.03 Å². The van der Waals surface area contributed by atoms with E-state index in [-0.39, 0.29) is 30.4 Å². The number of carbonyl (C=O) groups excluding carboxylic acids is 3. The maximum atomic E-state index is 13.0. The SMILES string of the molecule is CNC(=O)NCC(=O)Nc1noc2cc(OCCCCOc3ccc(C(=O)N(C(C)C)C(C)C)cc3OC)ccc12. The van der Waals surface area contributed by atoms with Gasteiger partial charge in [-0.3, -0.25) is 9.59 Å². The molecule has 0 radical (unpaired) electrons. The molecule has 222 valence electrons. The van der Waals surface area contributed by atoms with E-state index in [2.05, 4.69) is 21.1 Å². The zero-order chi connectivity index (χ0) is 29.9. The third-order valence-electron chi connectivity index (χ3n) is 6.16. The van der Waals surface area contributed by atoms with E-state index in [0.717, 1.165) is 12.8 Å². The molecule has 3 aromatic rings. The highest BCUT2D eigenvalue weighted by atomic mass is 16.5. The van der Waals surface area contributed by atoms with Crippen molar-refractivity contribution in [1.29, 1.82) is 0 Å². The number of fused-ring (bicyclic) bond motifs is 1. The molecule has 12 nitrogen and oxygen atoms in total. The van der Waals surface area contributed by atoms with Crippen molar-refractivity contribution >= 4 is 34.6 Å². The van der Waals surface area contributed by atoms with Crippen molar-refractivity contribution in [2.75, 3.05) is 39.2 Å². The molecule has 41 heavy (non-hydrogen) atoms. The molecule has 0 aliphatic carbocycles. The molecule has 0 aliphatic rings. The number of aromatic nitrogens is 1. The number of amides is 4. The topological polar surface area (TPSA) is 144 Å². The normalized spacial score (nSPS) is 10.9. The zero-order valence-corrected chi connectivity index (χ0v) is 24.4. The van der Waals surface area contributed by atoms with Gasteiger partial charge in [-0.2, -0.15) is 0 Å². The number of benzene rings is 2. The summed E-state index contributed by atoms with van der Waals surface area (Å²) in [7, 11) is 3.02. The van der Waals surface area contributed by atoms with Crippen LogP contribution < -0.4 is 30.2 Å². The Bertz CT molecular complexity index is 1330. The fraction of sp³-hybridized carbons (Fsp3) is 0.448. The highest BCUT2D eigenvalue weighted by Crippen LogP contribution is 2.30. The molecule has 1 heterocycles. The Hall–Kier alpha value is -4.48. The second kappa shape index (κ2) is 14.8. The minimum Gasteiger partial charge on any atom is -0.493 e. The Kier molecular flexibility index (Phi) is 11.2. The first-order valence-electron chi connectivity index (χ1n) is 13.6. The van der Waals surface area contributed by atoms with Crippen molar-refractivity contribution in [3.8, 4) is 17.2 Å². The molecule has 2 aromatic carbocycles. The zero-order valence-electron chi connectivity index (χ0n) is 24.4. The molecular formula is C29H39N5O7. The molecule has 0 aliphatic heterocycles. The molecule has 4 amide bonds. The van der Waals surface area contributed by atoms with Gasteiger partial charge in [0.1, 0.15) is 5.75 Å². The van der Waals surface area contributed by atoms with E-state index in [4.69, 9.17) is 18.7 Å². The number of nitrogens with zero attached hydrogens (tertiary/aromatic N) is 2. The third-order valence-corrected chi connectivity index (χ3v) is 6.16. The molecular weight excluding hydrogens is 530 g/mol. The van der Waals surface area contributed by atoms with Crippen LogP contribution in [0, 0.1) is 0 Å². The summed E-state index contributed by atoms with van der Waals surface area (Å²) in [5.74, 6) is 1.48. The summed E-state index contributed by atoms with van der Waals surface area (Å²) in [4.78, 5) is 38.1. The van der Waals surface area contributed by atoms with Crippen molar-refractivity contribution in [3.63, 3.8) is 0 Å². The average molecular weight is 570 g/mol. The first-order valence-corrected chi connectivity index (χ1v) is 13.6. The lowest BCUT2D eigenvalue weighted by molar-refractivity contribution is -0.115. The summed E-state index contributed by atoms with van der Waals surface area (Å²) in [6, 6.07) is 10.2. The van der Waals surface area contributed by atoms with E-state index in [0.29, 0.717) is 47.0 Å². The van der Waals surface area contributed by atoms with Crippen LogP contribution in [0.5, 0.6) is 17.2 Å². The largest absolute Gasteiger partial charge is 0.493 e. The van der Waals surface area contributed by atoms with Gasteiger partial charge in [0.05, 0.1) is 32.3 Å². The van der Waals surface area contributed by atoms with E-state index in [9.17, 15) is 14.4 Å². The number of hydrogen-bond acceptors (Lipinski definition) is 8. The van der Waals surface area contributed by atoms with Gasteiger partial charge in [0, 0.05) is 30.8 Å². The summed E-state index contributed by atoms with van der Waals surface area (Å²) in [5.41, 5.74) is 1.01. The molecule has 0 atom stereocenters. The van der Waals surface area contributed by atoms with Gasteiger partial charge < -0.3 is 39.6 Å². The maximum absolute atomic E-state index is 13.0. The Morgan fingerprint density at radius 1 is 0.951 bits per heavy atom. The van der Waals surface area contributed by atoms with Crippen molar-refractivity contribution in [3.05, 3.63) is 42.0 Å². The molecule has 12 heteroatoms. The fourth-order valence-corrected chi connectivity index (χ4v) is 4.23. The predicted octanol–water partition coefficient (Wildman–Crippen LogP) is 4.20. The first-order chi connectivity index (χ1) is 19.6. The van der Waals surface area contributed by atoms with E-state index >= 15 is 0 Å². The van der Waals surface area contributed by atoms with E-state index in [1.807, 2.05) is 32.6 Å². The highest BCUT2D eigenvalue weighted by Gasteiger charge is 2.22. The molecule has 0 saturated heterocycles. The highest BCUT2D eigenvalue weighted by molar-refractivity contribution is 6.00. The number of unbranched alkanes of at least 4 members (excludes halogenated alkanes) is 1. The molecule has 0 spiro atoms. The van der Waals surface area contributed by atoms with Crippen molar-refractivity contribution < 1.29 is 33.1 Å².